The first-order valence-corrected chi connectivity index (χ1v) is 6.65. The molecule has 3 N–H and O–H groups in total. The summed E-state index contributed by atoms with van der Waals surface area (Å²) in [6.45, 7) is 2.63. The predicted octanol–water partition coefficient (Wildman–Crippen LogP) is -0.0217. The molecule has 1 aliphatic carbocycles. The number of hydrogen-bond donors (Lipinski definition) is 3. The second-order valence-electron chi connectivity index (χ2n) is 3.97. The Labute approximate surface area is 108 Å². The number of nitrogens with zero attached hydrogens (tertiary/aromatic N) is 2. The van der Waals surface area contributed by atoms with Crippen molar-refractivity contribution in [3.05, 3.63) is 5.01 Å². The highest BCUT2D eigenvalue weighted by Crippen LogP contribution is 2.18. The number of hydrogen-bond acceptors (Lipinski definition) is 6. The van der Waals surface area contributed by atoms with Crippen LogP contribution >= 0.6 is 11.3 Å². The molecule has 8 heteroatoms. The van der Waals surface area contributed by atoms with Crippen molar-refractivity contribution in [2.75, 3.05) is 18.4 Å². The highest BCUT2D eigenvalue weighted by atomic mass is 32.1. The van der Waals surface area contributed by atoms with Gasteiger partial charge in [-0.15, -0.1) is 10.2 Å². The van der Waals surface area contributed by atoms with E-state index in [1.165, 1.54) is 11.3 Å². The van der Waals surface area contributed by atoms with Crippen molar-refractivity contribution in [3.8, 4) is 0 Å². The van der Waals surface area contributed by atoms with Crippen molar-refractivity contribution in [1.82, 2.24) is 20.8 Å². The summed E-state index contributed by atoms with van der Waals surface area (Å²) in [6.07, 6.45) is 2.06. The fourth-order valence-electron chi connectivity index (χ4n) is 1.28. The Morgan fingerprint density at radius 1 is 1.39 bits per heavy atom. The van der Waals surface area contributed by atoms with Gasteiger partial charge in [0.2, 0.25) is 16.0 Å². The minimum atomic E-state index is -0.373. The summed E-state index contributed by atoms with van der Waals surface area (Å²) in [6, 6.07) is 0.302. The first-order valence-electron chi connectivity index (χ1n) is 5.84. The molecule has 0 saturated heterocycles. The van der Waals surface area contributed by atoms with E-state index in [1.54, 1.807) is 0 Å². The Morgan fingerprint density at radius 3 is 2.83 bits per heavy atom. The molecule has 1 fully saturated rings. The lowest BCUT2D eigenvalue weighted by Crippen LogP contribution is -2.37. The topological polar surface area (TPSA) is 96.0 Å². The zero-order valence-electron chi connectivity index (χ0n) is 10.0. The third-order valence-electron chi connectivity index (χ3n) is 2.30. The number of nitrogens with one attached hydrogen (secondary N) is 3. The van der Waals surface area contributed by atoms with E-state index in [9.17, 15) is 9.59 Å². The quantitative estimate of drug-likeness (QED) is 0.674. The van der Waals surface area contributed by atoms with E-state index in [0.717, 1.165) is 19.4 Å². The third kappa shape index (κ3) is 3.66. The van der Waals surface area contributed by atoms with Gasteiger partial charge in [0.15, 0.2) is 0 Å². The van der Waals surface area contributed by atoms with Gasteiger partial charge in [0.25, 0.3) is 5.91 Å². The molecule has 18 heavy (non-hydrogen) atoms. The predicted molar refractivity (Wildman–Crippen MR) is 67.6 cm³/mol. The van der Waals surface area contributed by atoms with Crippen LogP contribution in [-0.2, 0) is 4.79 Å². The van der Waals surface area contributed by atoms with E-state index >= 15 is 0 Å². The lowest BCUT2D eigenvalue weighted by atomic mass is 10.5. The minimum Gasteiger partial charge on any atom is -0.360 e. The molecule has 0 unspecified atom stereocenters. The Bertz CT molecular complexity index is 443. The summed E-state index contributed by atoms with van der Waals surface area (Å²) in [5.74, 6) is -0.537. The van der Waals surface area contributed by atoms with Crippen molar-refractivity contribution >= 4 is 28.3 Å². The van der Waals surface area contributed by atoms with E-state index in [0.29, 0.717) is 11.2 Å². The minimum absolute atomic E-state index is 0.0224. The summed E-state index contributed by atoms with van der Waals surface area (Å²) in [5, 5.41) is 16.7. The molecule has 1 aliphatic rings. The van der Waals surface area contributed by atoms with Gasteiger partial charge < -0.3 is 16.0 Å². The van der Waals surface area contributed by atoms with Crippen LogP contribution < -0.4 is 16.0 Å². The van der Waals surface area contributed by atoms with Crippen molar-refractivity contribution < 1.29 is 9.59 Å². The number of aromatic nitrogens is 2. The smallest absolute Gasteiger partial charge is 0.282 e. The second kappa shape index (κ2) is 5.76. The number of carbonyl (C=O) groups is 2. The standard InChI is InChI=1S/C10H15N5O2S/c1-2-11-10-15-14-9(18-10)8(17)12-5-7(16)13-6-3-4-6/h6H,2-5H2,1H3,(H,11,15)(H,12,17)(H,13,16). The summed E-state index contributed by atoms with van der Waals surface area (Å²) in [7, 11) is 0. The highest BCUT2D eigenvalue weighted by molar-refractivity contribution is 7.17. The number of rotatable bonds is 6. The fourth-order valence-corrected chi connectivity index (χ4v) is 2.01. The SMILES string of the molecule is CCNc1nnc(C(=O)NCC(=O)NC2CC2)s1. The van der Waals surface area contributed by atoms with Crippen LogP contribution in [0, 0.1) is 0 Å². The van der Waals surface area contributed by atoms with Crippen LogP contribution in [0.4, 0.5) is 5.13 Å². The highest BCUT2D eigenvalue weighted by Gasteiger charge is 2.23. The van der Waals surface area contributed by atoms with Gasteiger partial charge in [0, 0.05) is 12.6 Å². The van der Waals surface area contributed by atoms with Gasteiger partial charge in [0.1, 0.15) is 0 Å². The molecule has 0 aromatic carbocycles. The van der Waals surface area contributed by atoms with E-state index in [2.05, 4.69) is 26.1 Å². The van der Waals surface area contributed by atoms with Crippen molar-refractivity contribution in [2.24, 2.45) is 0 Å². The first-order chi connectivity index (χ1) is 8.69. The lowest BCUT2D eigenvalue weighted by Gasteiger charge is -2.03. The molecule has 0 atom stereocenters. The molecule has 1 heterocycles. The maximum Gasteiger partial charge on any atom is 0.282 e. The molecule has 1 aromatic heterocycles. The molecular formula is C10H15N5O2S. The number of amides is 2. The molecular weight excluding hydrogens is 254 g/mol. The molecule has 1 saturated carbocycles. The zero-order valence-corrected chi connectivity index (χ0v) is 10.8. The van der Waals surface area contributed by atoms with E-state index in [1.807, 2.05) is 6.92 Å². The van der Waals surface area contributed by atoms with Crippen LogP contribution in [0.5, 0.6) is 0 Å². The Hall–Kier alpha value is -1.70. The average molecular weight is 269 g/mol. The lowest BCUT2D eigenvalue weighted by molar-refractivity contribution is -0.120. The van der Waals surface area contributed by atoms with E-state index < -0.39 is 0 Å². The maximum atomic E-state index is 11.7. The Balaban J connectivity index is 1.77. The molecule has 2 rings (SSSR count). The van der Waals surface area contributed by atoms with Crippen LogP contribution in [0.2, 0.25) is 0 Å². The largest absolute Gasteiger partial charge is 0.360 e. The zero-order chi connectivity index (χ0) is 13.0. The second-order valence-corrected chi connectivity index (χ2v) is 4.94. The van der Waals surface area contributed by atoms with Crippen LogP contribution in [0.1, 0.15) is 29.6 Å². The summed E-state index contributed by atoms with van der Waals surface area (Å²) in [4.78, 5) is 23.0. The van der Waals surface area contributed by atoms with Gasteiger partial charge in [-0.2, -0.15) is 0 Å². The average Bonchev–Trinajstić information content (AvgIpc) is 3.03. The van der Waals surface area contributed by atoms with Gasteiger partial charge in [-0.25, -0.2) is 0 Å². The van der Waals surface area contributed by atoms with Crippen LogP contribution in [-0.4, -0.2) is 41.1 Å². The van der Waals surface area contributed by atoms with Crippen molar-refractivity contribution in [1.29, 1.82) is 0 Å². The van der Waals surface area contributed by atoms with Gasteiger partial charge in [-0.3, -0.25) is 9.59 Å². The summed E-state index contributed by atoms with van der Waals surface area (Å²) < 4.78 is 0. The monoisotopic (exact) mass is 269 g/mol. The number of carbonyl (C=O) groups excluding carboxylic acids is 2. The Morgan fingerprint density at radius 2 is 2.17 bits per heavy atom. The van der Waals surface area contributed by atoms with Crippen LogP contribution in [0.15, 0.2) is 0 Å². The molecule has 0 radical (unpaired) electrons. The molecule has 98 valence electrons. The Kier molecular flexibility index (Phi) is 4.08. The maximum absolute atomic E-state index is 11.7. The summed E-state index contributed by atoms with van der Waals surface area (Å²) >= 11 is 1.17. The molecule has 0 spiro atoms. The molecule has 1 aromatic rings. The molecule has 0 aliphatic heterocycles. The van der Waals surface area contributed by atoms with Gasteiger partial charge in [-0.1, -0.05) is 11.3 Å². The van der Waals surface area contributed by atoms with Gasteiger partial charge in [0.05, 0.1) is 6.54 Å². The normalized spacial score (nSPS) is 14.1. The molecule has 2 amide bonds. The molecule has 7 nitrogen and oxygen atoms in total. The fraction of sp³-hybridized carbons (Fsp3) is 0.600. The van der Waals surface area contributed by atoms with E-state index in [4.69, 9.17) is 0 Å². The summed E-state index contributed by atoms with van der Waals surface area (Å²) in [5.41, 5.74) is 0. The van der Waals surface area contributed by atoms with Crippen LogP contribution in [0.25, 0.3) is 0 Å². The van der Waals surface area contributed by atoms with Crippen molar-refractivity contribution in [3.63, 3.8) is 0 Å². The number of anilines is 1. The van der Waals surface area contributed by atoms with Gasteiger partial charge in [-0.05, 0) is 19.8 Å². The third-order valence-corrected chi connectivity index (χ3v) is 3.18. The first kappa shape index (κ1) is 12.7. The van der Waals surface area contributed by atoms with E-state index in [-0.39, 0.29) is 23.4 Å². The van der Waals surface area contributed by atoms with Gasteiger partial charge >= 0.3 is 0 Å². The molecule has 0 bridgehead atoms. The van der Waals surface area contributed by atoms with Crippen LogP contribution in [0.3, 0.4) is 0 Å². The van der Waals surface area contributed by atoms with Crippen molar-refractivity contribution in [2.45, 2.75) is 25.8 Å².